The van der Waals surface area contributed by atoms with Crippen molar-refractivity contribution < 1.29 is 38.5 Å². The number of aryl methyl sites for hydroxylation is 1. The summed E-state index contributed by atoms with van der Waals surface area (Å²) in [5.41, 5.74) is 4.78. The van der Waals surface area contributed by atoms with Crippen LogP contribution in [0, 0.1) is 32.6 Å². The number of hydrogen-bond acceptors (Lipinski definition) is 9. The number of hydroxylamine groups is 1. The van der Waals surface area contributed by atoms with Crippen LogP contribution in [0.3, 0.4) is 0 Å². The third kappa shape index (κ3) is 5.42. The van der Waals surface area contributed by atoms with Gasteiger partial charge in [0.15, 0.2) is 17.3 Å². The zero-order valence-electron chi connectivity index (χ0n) is 25.9. The van der Waals surface area contributed by atoms with Gasteiger partial charge in [0.2, 0.25) is 0 Å². The van der Waals surface area contributed by atoms with Gasteiger partial charge >= 0.3 is 0 Å². The summed E-state index contributed by atoms with van der Waals surface area (Å²) in [6, 6.07) is 3.18. The molecule has 10 heteroatoms. The molecule has 0 spiro atoms. The largest absolute Gasteiger partial charge is 0.507 e. The lowest BCUT2D eigenvalue weighted by molar-refractivity contribution is -0.123. The van der Waals surface area contributed by atoms with E-state index in [1.54, 1.807) is 6.92 Å². The molecule has 0 saturated heterocycles. The Balaban J connectivity index is 1.72. The van der Waals surface area contributed by atoms with Crippen LogP contribution in [-0.4, -0.2) is 42.9 Å². The summed E-state index contributed by atoms with van der Waals surface area (Å²) in [5, 5.41) is 14.0. The minimum Gasteiger partial charge on any atom is -0.507 e. The number of aromatic hydroxyl groups is 1. The number of hydrogen-bond donors (Lipinski definition) is 3. The highest BCUT2D eigenvalue weighted by Gasteiger charge is 2.56. The Morgan fingerprint density at radius 3 is 2.57 bits per heavy atom. The summed E-state index contributed by atoms with van der Waals surface area (Å²) in [7, 11) is 1.36. The van der Waals surface area contributed by atoms with E-state index in [-0.39, 0.29) is 65.2 Å². The van der Waals surface area contributed by atoms with E-state index in [1.807, 2.05) is 26.8 Å². The fourth-order valence-corrected chi connectivity index (χ4v) is 5.45. The van der Waals surface area contributed by atoms with Gasteiger partial charge in [0.05, 0.1) is 24.9 Å². The summed E-state index contributed by atoms with van der Waals surface area (Å²) in [6.45, 7) is 14.8. The van der Waals surface area contributed by atoms with E-state index in [1.165, 1.54) is 39.2 Å². The predicted octanol–water partition coefficient (Wildman–Crippen LogP) is 4.33. The zero-order chi connectivity index (χ0) is 32.3. The number of phenolic OH excluding ortho intramolecular Hbond substituents is 1. The molecule has 1 aliphatic heterocycles. The smallest absolute Gasteiger partial charge is 0.259 e. The second-order valence-electron chi connectivity index (χ2n) is 10.6. The molecule has 0 unspecified atom stereocenters. The van der Waals surface area contributed by atoms with Crippen molar-refractivity contribution in [2.75, 3.05) is 20.3 Å². The highest BCUT2D eigenvalue weighted by molar-refractivity contribution is 6.31. The number of ketones is 2. The molecule has 1 amide bonds. The Morgan fingerprint density at radius 2 is 1.91 bits per heavy atom. The highest BCUT2D eigenvalue weighted by atomic mass is 16.6. The maximum atomic E-state index is 13.9. The molecule has 1 atom stereocenters. The van der Waals surface area contributed by atoms with Crippen LogP contribution < -0.4 is 25.0 Å². The summed E-state index contributed by atoms with van der Waals surface area (Å²) in [5.74, 6) is 4.29. The van der Waals surface area contributed by atoms with E-state index in [0.717, 1.165) is 28.0 Å². The van der Waals surface area contributed by atoms with Gasteiger partial charge in [-0.25, -0.2) is 0 Å². The molecule has 4 rings (SSSR count). The molecule has 3 N–H and O–H groups in total. The predicted molar refractivity (Wildman–Crippen MR) is 163 cm³/mol. The number of nitrogens with one attached hydrogen (secondary N) is 2. The molecule has 230 valence electrons. The SMILES string of the molecule is C=CCONC(C)=C1C(=O)C=C2Oc3c(C(=O)NCc4c(C)cc(OCC#CC)c(C)c4C)c(OC)cc(O)c3[C@]2(C)C1=O. The lowest BCUT2D eigenvalue weighted by atomic mass is 9.70. The Bertz CT molecular complexity index is 1710. The minimum absolute atomic E-state index is 0.00525. The molecular weight excluding hydrogens is 564 g/mol. The average molecular weight is 601 g/mol. The maximum absolute atomic E-state index is 13.9. The van der Waals surface area contributed by atoms with Crippen molar-refractivity contribution >= 4 is 17.5 Å². The Kier molecular flexibility index (Phi) is 9.21. The number of carbonyl (C=O) groups is 3. The van der Waals surface area contributed by atoms with Crippen molar-refractivity contribution in [2.24, 2.45) is 0 Å². The quantitative estimate of drug-likeness (QED) is 0.0911. The van der Waals surface area contributed by atoms with Crippen LogP contribution in [0.2, 0.25) is 0 Å². The Morgan fingerprint density at radius 1 is 1.18 bits per heavy atom. The molecule has 1 heterocycles. The molecule has 44 heavy (non-hydrogen) atoms. The zero-order valence-corrected chi connectivity index (χ0v) is 25.9. The monoisotopic (exact) mass is 600 g/mol. The summed E-state index contributed by atoms with van der Waals surface area (Å²) in [4.78, 5) is 46.0. The number of ether oxygens (including phenoxy) is 3. The van der Waals surface area contributed by atoms with Gasteiger partial charge in [-0.3, -0.25) is 24.7 Å². The molecule has 1 aliphatic carbocycles. The van der Waals surface area contributed by atoms with E-state index in [9.17, 15) is 19.5 Å². The van der Waals surface area contributed by atoms with E-state index in [2.05, 4.69) is 29.2 Å². The Labute approximate surface area is 256 Å². The number of Topliss-reactive ketones (excluding diaryl/α,β-unsaturated/α-hetero) is 1. The van der Waals surface area contributed by atoms with Crippen molar-refractivity contribution in [1.82, 2.24) is 10.8 Å². The number of phenols is 1. The van der Waals surface area contributed by atoms with Crippen LogP contribution >= 0.6 is 0 Å². The molecular formula is C34H36N2O8. The van der Waals surface area contributed by atoms with Gasteiger partial charge in [0.1, 0.15) is 40.6 Å². The molecule has 0 bridgehead atoms. The molecule has 0 fully saturated rings. The fraction of sp³-hybridized carbons (Fsp3) is 0.324. The van der Waals surface area contributed by atoms with Crippen LogP contribution in [0.1, 0.15) is 58.9 Å². The first kappa shape index (κ1) is 31.9. The van der Waals surface area contributed by atoms with Gasteiger partial charge in [-0.2, -0.15) is 0 Å². The molecule has 2 aliphatic rings. The number of carbonyl (C=O) groups excluding carboxylic acids is 3. The summed E-state index contributed by atoms with van der Waals surface area (Å²) in [6.07, 6.45) is 2.69. The van der Waals surface area contributed by atoms with Gasteiger partial charge in [0.25, 0.3) is 5.91 Å². The van der Waals surface area contributed by atoms with Crippen LogP contribution in [0.5, 0.6) is 23.0 Å². The number of allylic oxidation sites excluding steroid dienone is 4. The van der Waals surface area contributed by atoms with E-state index in [4.69, 9.17) is 19.0 Å². The molecule has 10 nitrogen and oxygen atoms in total. The second kappa shape index (κ2) is 12.7. The van der Waals surface area contributed by atoms with Crippen molar-refractivity contribution in [3.8, 4) is 34.8 Å². The molecule has 2 aromatic carbocycles. The Hall–Kier alpha value is -5.01. The standard InChI is InChI=1S/C34H36N2O8/c1-9-11-13-42-25-14-18(3)22(19(4)20(25)5)17-35-33(40)29-26(41-8)15-24(38)30-31(29)44-27-16-23(37)28(32(39)34(27,30)7)21(6)36-43-12-10-2/h10,14-16,36,38H,2,12-13,17H2,1,3-8H3,(H,35,40)/t34-/m1/s1. The number of fused-ring (bicyclic) bond motifs is 3. The molecule has 0 saturated carbocycles. The van der Waals surface area contributed by atoms with Crippen molar-refractivity contribution in [3.63, 3.8) is 0 Å². The summed E-state index contributed by atoms with van der Waals surface area (Å²) < 4.78 is 17.3. The van der Waals surface area contributed by atoms with Crippen LogP contribution in [0.25, 0.3) is 0 Å². The normalized spacial score (nSPS) is 17.8. The lowest BCUT2D eigenvalue weighted by Crippen LogP contribution is -2.41. The number of benzene rings is 2. The maximum Gasteiger partial charge on any atom is 0.259 e. The van der Waals surface area contributed by atoms with Gasteiger partial charge in [-0.15, -0.1) is 12.5 Å². The van der Waals surface area contributed by atoms with Gasteiger partial charge in [0, 0.05) is 24.4 Å². The number of methoxy groups -OCH3 is 1. The fourth-order valence-electron chi connectivity index (χ4n) is 5.45. The second-order valence-corrected chi connectivity index (χ2v) is 10.6. The van der Waals surface area contributed by atoms with Gasteiger partial charge in [-0.1, -0.05) is 12.0 Å². The van der Waals surface area contributed by atoms with E-state index in [0.29, 0.717) is 0 Å². The lowest BCUT2D eigenvalue weighted by Gasteiger charge is -2.28. The van der Waals surface area contributed by atoms with Crippen LogP contribution in [0.4, 0.5) is 0 Å². The molecule has 0 aromatic heterocycles. The van der Waals surface area contributed by atoms with Crippen molar-refractivity contribution in [2.45, 2.75) is 53.5 Å². The highest BCUT2D eigenvalue weighted by Crippen LogP contribution is 2.56. The van der Waals surface area contributed by atoms with Crippen molar-refractivity contribution in [1.29, 1.82) is 0 Å². The number of amides is 1. The topological polar surface area (TPSA) is 132 Å². The summed E-state index contributed by atoms with van der Waals surface area (Å²) >= 11 is 0. The van der Waals surface area contributed by atoms with Crippen LogP contribution in [-0.2, 0) is 26.4 Å². The molecule has 2 aromatic rings. The van der Waals surface area contributed by atoms with Gasteiger partial charge < -0.3 is 24.6 Å². The average Bonchev–Trinajstić information content (AvgIpc) is 3.28. The first-order chi connectivity index (χ1) is 20.9. The first-order valence-electron chi connectivity index (χ1n) is 14.0. The minimum atomic E-state index is -1.59. The van der Waals surface area contributed by atoms with E-state index < -0.39 is 22.9 Å². The van der Waals surface area contributed by atoms with Crippen LogP contribution in [0.15, 0.2) is 47.9 Å². The number of rotatable bonds is 10. The third-order valence-electron chi connectivity index (χ3n) is 7.98. The molecule has 0 radical (unpaired) electrons. The van der Waals surface area contributed by atoms with Crippen molar-refractivity contribution in [3.05, 3.63) is 81.3 Å². The van der Waals surface area contributed by atoms with Gasteiger partial charge in [-0.05, 0) is 69.9 Å². The third-order valence-corrected chi connectivity index (χ3v) is 7.98. The van der Waals surface area contributed by atoms with E-state index >= 15 is 0 Å². The first-order valence-corrected chi connectivity index (χ1v) is 14.0.